The Balaban J connectivity index is 1.43. The number of aliphatic imine (C=N–C) groups is 1. The Morgan fingerprint density at radius 2 is 1.91 bits per heavy atom. The molecule has 0 saturated carbocycles. The van der Waals surface area contributed by atoms with Crippen LogP contribution in [0.2, 0.25) is 5.02 Å². The number of nitrogens with one attached hydrogen (secondary N) is 1. The third kappa shape index (κ3) is 4.96. The van der Waals surface area contributed by atoms with Crippen LogP contribution in [0.1, 0.15) is 50.4 Å². The standard InChI is InChI=1S/C26H35ClN6OS/c1-17-26(3,4)22-23(19-6-8-20(27)9-7-19)29-21(24-31-30-18(2)33(24)25(22)35-17)16-28-10-5-11-32-12-14-34-15-13-32/h6-9,17,21,28H,5,10-16H2,1-4H3/t17?,21-/m0/s1. The average molecular weight is 515 g/mol. The van der Waals surface area contributed by atoms with Crippen molar-refractivity contribution in [1.82, 2.24) is 25.0 Å². The van der Waals surface area contributed by atoms with E-state index in [0.717, 1.165) is 80.3 Å². The second-order valence-corrected chi connectivity index (χ2v) is 11.9. The van der Waals surface area contributed by atoms with Crippen molar-refractivity contribution in [2.24, 2.45) is 10.4 Å². The molecule has 5 rings (SSSR count). The maximum atomic E-state index is 6.23. The summed E-state index contributed by atoms with van der Waals surface area (Å²) in [6.07, 6.45) is 1.10. The van der Waals surface area contributed by atoms with Crippen molar-refractivity contribution in [2.45, 2.75) is 45.4 Å². The van der Waals surface area contributed by atoms with Crippen LogP contribution in [0.5, 0.6) is 0 Å². The highest BCUT2D eigenvalue weighted by atomic mass is 35.5. The molecule has 1 unspecified atom stereocenters. The molecule has 1 aromatic heterocycles. The molecule has 2 aromatic rings. The van der Waals surface area contributed by atoms with Gasteiger partial charge in [0.1, 0.15) is 11.9 Å². The topological polar surface area (TPSA) is 67.6 Å². The minimum Gasteiger partial charge on any atom is -0.379 e. The Kier molecular flexibility index (Phi) is 7.38. The summed E-state index contributed by atoms with van der Waals surface area (Å²) >= 11 is 8.14. The molecule has 1 fully saturated rings. The van der Waals surface area contributed by atoms with Crippen LogP contribution in [0.25, 0.3) is 5.03 Å². The summed E-state index contributed by atoms with van der Waals surface area (Å²) < 4.78 is 7.71. The van der Waals surface area contributed by atoms with E-state index in [9.17, 15) is 0 Å². The first-order valence-electron chi connectivity index (χ1n) is 12.5. The summed E-state index contributed by atoms with van der Waals surface area (Å²) in [5, 5.41) is 15.1. The van der Waals surface area contributed by atoms with Crippen molar-refractivity contribution in [3.63, 3.8) is 0 Å². The molecule has 9 heteroatoms. The number of aryl methyl sites for hydroxylation is 1. The van der Waals surface area contributed by atoms with Gasteiger partial charge >= 0.3 is 0 Å². The molecule has 1 N–H and O–H groups in total. The second-order valence-electron chi connectivity index (χ2n) is 10.1. The van der Waals surface area contributed by atoms with Gasteiger partial charge in [0.05, 0.1) is 24.0 Å². The largest absolute Gasteiger partial charge is 0.379 e. The summed E-state index contributed by atoms with van der Waals surface area (Å²) in [4.78, 5) is 7.85. The molecule has 1 saturated heterocycles. The molecule has 188 valence electrons. The van der Waals surface area contributed by atoms with E-state index in [2.05, 4.69) is 57.9 Å². The van der Waals surface area contributed by atoms with Crippen LogP contribution >= 0.6 is 23.4 Å². The fraction of sp³-hybridized carbons (Fsp3) is 0.577. The lowest BCUT2D eigenvalue weighted by atomic mass is 9.78. The van der Waals surface area contributed by atoms with Gasteiger partial charge in [0.25, 0.3) is 0 Å². The molecule has 1 aromatic carbocycles. The van der Waals surface area contributed by atoms with Gasteiger partial charge in [-0.2, -0.15) is 0 Å². The Morgan fingerprint density at radius 1 is 1.17 bits per heavy atom. The van der Waals surface area contributed by atoms with Gasteiger partial charge in [-0.3, -0.25) is 14.5 Å². The summed E-state index contributed by atoms with van der Waals surface area (Å²) in [5.74, 6) is 1.83. The summed E-state index contributed by atoms with van der Waals surface area (Å²) in [7, 11) is 0. The molecule has 0 aliphatic carbocycles. The number of nitrogens with zero attached hydrogens (tertiary/aromatic N) is 5. The van der Waals surface area contributed by atoms with E-state index >= 15 is 0 Å². The minimum absolute atomic E-state index is 0.0487. The smallest absolute Gasteiger partial charge is 0.164 e. The van der Waals surface area contributed by atoms with E-state index in [1.165, 1.54) is 10.6 Å². The number of hydrogen-bond donors (Lipinski definition) is 1. The fourth-order valence-electron chi connectivity index (χ4n) is 5.00. The number of fused-ring (bicyclic) bond motifs is 2. The molecule has 35 heavy (non-hydrogen) atoms. The van der Waals surface area contributed by atoms with Gasteiger partial charge in [-0.15, -0.1) is 22.0 Å². The number of halogens is 1. The number of rotatable bonds is 7. The number of ether oxygens (including phenoxy) is 1. The summed E-state index contributed by atoms with van der Waals surface area (Å²) in [5.41, 5.74) is 3.37. The molecular weight excluding hydrogens is 480 g/mol. The van der Waals surface area contributed by atoms with Crippen LogP contribution in [-0.2, 0) is 4.74 Å². The Bertz CT molecular complexity index is 1120. The van der Waals surface area contributed by atoms with Gasteiger partial charge in [0.15, 0.2) is 5.82 Å². The van der Waals surface area contributed by atoms with Gasteiger partial charge in [-0.1, -0.05) is 44.5 Å². The molecular formula is C26H35ClN6OS. The van der Waals surface area contributed by atoms with E-state index in [4.69, 9.17) is 21.3 Å². The molecule has 0 amide bonds. The van der Waals surface area contributed by atoms with Gasteiger partial charge < -0.3 is 10.1 Å². The maximum absolute atomic E-state index is 6.23. The molecule has 7 nitrogen and oxygen atoms in total. The van der Waals surface area contributed by atoms with Crippen molar-refractivity contribution >= 4 is 34.1 Å². The Hall–Kier alpha value is -1.71. The molecule has 0 radical (unpaired) electrons. The van der Waals surface area contributed by atoms with Crippen LogP contribution in [0.4, 0.5) is 0 Å². The molecule has 0 spiro atoms. The van der Waals surface area contributed by atoms with E-state index in [0.29, 0.717) is 5.25 Å². The zero-order valence-corrected chi connectivity index (χ0v) is 22.6. The number of aromatic nitrogens is 3. The Morgan fingerprint density at radius 3 is 2.66 bits per heavy atom. The number of thioether (sulfide) groups is 1. The molecule has 4 heterocycles. The summed E-state index contributed by atoms with van der Waals surface area (Å²) in [6.45, 7) is 15.5. The predicted octanol–water partition coefficient (Wildman–Crippen LogP) is 4.43. The lowest BCUT2D eigenvalue weighted by Gasteiger charge is -2.28. The molecule has 3 aliphatic rings. The third-order valence-corrected chi connectivity index (χ3v) is 9.23. The van der Waals surface area contributed by atoms with E-state index in [1.807, 2.05) is 30.8 Å². The zero-order valence-electron chi connectivity index (χ0n) is 21.1. The molecule has 3 aliphatic heterocycles. The number of allylic oxidation sites excluding steroid dienone is 1. The normalized spacial score (nSPS) is 24.2. The lowest BCUT2D eigenvalue weighted by molar-refractivity contribution is 0.0374. The van der Waals surface area contributed by atoms with Crippen LogP contribution in [-0.4, -0.2) is 76.6 Å². The second kappa shape index (κ2) is 10.3. The van der Waals surface area contributed by atoms with Gasteiger partial charge in [-0.05, 0) is 38.6 Å². The monoisotopic (exact) mass is 514 g/mol. The van der Waals surface area contributed by atoms with Crippen molar-refractivity contribution < 1.29 is 4.74 Å². The van der Waals surface area contributed by atoms with Gasteiger partial charge in [-0.25, -0.2) is 0 Å². The zero-order chi connectivity index (χ0) is 24.6. The highest BCUT2D eigenvalue weighted by molar-refractivity contribution is 8.08. The van der Waals surface area contributed by atoms with Crippen molar-refractivity contribution in [3.8, 4) is 0 Å². The summed E-state index contributed by atoms with van der Waals surface area (Å²) in [6, 6.07) is 7.95. The molecule has 0 bridgehead atoms. The minimum atomic E-state index is -0.123. The first-order valence-corrected chi connectivity index (χ1v) is 13.8. The van der Waals surface area contributed by atoms with Crippen LogP contribution < -0.4 is 5.32 Å². The lowest BCUT2D eigenvalue weighted by Crippen LogP contribution is -2.38. The third-order valence-electron chi connectivity index (χ3n) is 7.42. The van der Waals surface area contributed by atoms with Crippen molar-refractivity contribution in [2.75, 3.05) is 45.9 Å². The first-order chi connectivity index (χ1) is 16.9. The maximum Gasteiger partial charge on any atom is 0.164 e. The van der Waals surface area contributed by atoms with Crippen molar-refractivity contribution in [3.05, 3.63) is 52.1 Å². The van der Waals surface area contributed by atoms with E-state index in [-0.39, 0.29) is 11.5 Å². The molecule has 2 atom stereocenters. The quantitative estimate of drug-likeness (QED) is 0.551. The Labute approximate surface area is 217 Å². The van der Waals surface area contributed by atoms with Crippen LogP contribution in [0.15, 0.2) is 34.8 Å². The van der Waals surface area contributed by atoms with Crippen LogP contribution in [0.3, 0.4) is 0 Å². The van der Waals surface area contributed by atoms with E-state index < -0.39 is 0 Å². The predicted molar refractivity (Wildman–Crippen MR) is 144 cm³/mol. The highest BCUT2D eigenvalue weighted by Crippen LogP contribution is 2.55. The highest BCUT2D eigenvalue weighted by Gasteiger charge is 2.45. The first kappa shape index (κ1) is 25.0. The van der Waals surface area contributed by atoms with Gasteiger partial charge in [0, 0.05) is 46.5 Å². The number of hydrogen-bond acceptors (Lipinski definition) is 7. The SMILES string of the molecule is Cc1nnc2n1C1=C(C(c3ccc(Cl)cc3)=N[C@H]2CNCCCN2CCOCC2)C(C)(C)C(C)S1. The van der Waals surface area contributed by atoms with Crippen LogP contribution in [0, 0.1) is 12.3 Å². The van der Waals surface area contributed by atoms with E-state index in [1.54, 1.807) is 0 Å². The van der Waals surface area contributed by atoms with Gasteiger partial charge in [0.2, 0.25) is 0 Å². The number of morpholine rings is 1. The fourth-order valence-corrected chi connectivity index (χ4v) is 6.68. The van der Waals surface area contributed by atoms with Crippen molar-refractivity contribution in [1.29, 1.82) is 0 Å². The average Bonchev–Trinajstić information content (AvgIpc) is 3.28. The number of benzene rings is 1.